The highest BCUT2D eigenvalue weighted by molar-refractivity contribution is 7.64. The Bertz CT molecular complexity index is 882. The summed E-state index contributed by atoms with van der Waals surface area (Å²) in [5.41, 5.74) is 2.20. The molecule has 2 aromatic carbocycles. The lowest BCUT2D eigenvalue weighted by molar-refractivity contribution is 0.0760. The van der Waals surface area contributed by atoms with Gasteiger partial charge in [-0.05, 0) is 60.7 Å². The van der Waals surface area contributed by atoms with Crippen molar-refractivity contribution >= 4 is 14.3 Å². The summed E-state index contributed by atoms with van der Waals surface area (Å²) in [6.07, 6.45) is 6.02. The maximum Gasteiger partial charge on any atom is 0.122 e. The molecule has 0 radical (unpaired) electrons. The van der Waals surface area contributed by atoms with E-state index in [2.05, 4.69) is 12.1 Å². The molecule has 35 heavy (non-hydrogen) atoms. The van der Waals surface area contributed by atoms with Crippen molar-refractivity contribution in [2.75, 3.05) is 63.4 Å². The third kappa shape index (κ3) is 10.2. The highest BCUT2D eigenvalue weighted by atomic mass is 31.2. The van der Waals surface area contributed by atoms with Crippen molar-refractivity contribution in [2.24, 2.45) is 0 Å². The first kappa shape index (κ1) is 29.7. The van der Waals surface area contributed by atoms with Gasteiger partial charge in [-0.1, -0.05) is 64.1 Å². The predicted octanol–water partition coefficient (Wildman–Crippen LogP) is 7.05. The van der Waals surface area contributed by atoms with E-state index in [0.717, 1.165) is 72.4 Å². The molecule has 0 bridgehead atoms. The second-order valence-corrected chi connectivity index (χ2v) is 16.5. The summed E-state index contributed by atoms with van der Waals surface area (Å²) >= 11 is 0. The zero-order valence-electron chi connectivity index (χ0n) is 22.0. The van der Waals surface area contributed by atoms with Gasteiger partial charge in [-0.15, -0.1) is 0 Å². The van der Waals surface area contributed by atoms with Crippen LogP contribution in [0, 0.1) is 0 Å². The topological polar surface area (TPSA) is 61.8 Å². The van der Waals surface area contributed by atoms with Gasteiger partial charge in [-0.25, -0.2) is 0 Å². The van der Waals surface area contributed by atoms with E-state index < -0.39 is 14.3 Å². The Morgan fingerprint density at radius 1 is 0.571 bits per heavy atom. The molecule has 0 spiro atoms. The van der Waals surface area contributed by atoms with Gasteiger partial charge in [0, 0.05) is 12.3 Å². The van der Waals surface area contributed by atoms with Crippen LogP contribution in [0.3, 0.4) is 0 Å². The number of hydrogen-bond acceptors (Lipinski definition) is 5. The SMILES string of the molecule is CCP(=O)(CC)CCc1ccccc1OCCOCCOc1ccccc1CCP(=O)(CC)CC. The molecule has 0 N–H and O–H groups in total. The second kappa shape index (κ2) is 15.5. The number of ether oxygens (including phenoxy) is 3. The van der Waals surface area contributed by atoms with Gasteiger partial charge in [-0.3, -0.25) is 0 Å². The molecule has 0 saturated heterocycles. The first-order chi connectivity index (χ1) is 16.9. The van der Waals surface area contributed by atoms with E-state index in [1.165, 1.54) is 0 Å². The Labute approximate surface area is 212 Å². The van der Waals surface area contributed by atoms with Crippen molar-refractivity contribution in [3.05, 3.63) is 59.7 Å². The minimum absolute atomic E-state index is 0.455. The monoisotopic (exact) mass is 522 g/mol. The third-order valence-electron chi connectivity index (χ3n) is 6.80. The number of aryl methyl sites for hydroxylation is 2. The minimum atomic E-state index is -2.06. The van der Waals surface area contributed by atoms with E-state index in [-0.39, 0.29) is 0 Å². The van der Waals surface area contributed by atoms with E-state index in [1.807, 2.05) is 64.1 Å². The third-order valence-corrected chi connectivity index (χ3v) is 13.5. The zero-order chi connectivity index (χ0) is 25.6. The number of para-hydroxylation sites is 2. The molecule has 0 aliphatic heterocycles. The molecule has 0 heterocycles. The van der Waals surface area contributed by atoms with E-state index in [4.69, 9.17) is 14.2 Å². The van der Waals surface area contributed by atoms with Crippen LogP contribution in [-0.2, 0) is 26.7 Å². The lowest BCUT2D eigenvalue weighted by Gasteiger charge is -2.16. The molecular weight excluding hydrogens is 478 g/mol. The molecular formula is C28H44O5P2. The van der Waals surface area contributed by atoms with Crippen molar-refractivity contribution in [1.29, 1.82) is 0 Å². The molecule has 0 saturated carbocycles. The first-order valence-electron chi connectivity index (χ1n) is 13.0. The predicted molar refractivity (Wildman–Crippen MR) is 149 cm³/mol. The number of rotatable bonds is 18. The lowest BCUT2D eigenvalue weighted by Crippen LogP contribution is -2.13. The van der Waals surface area contributed by atoms with E-state index >= 15 is 0 Å². The molecule has 196 valence electrons. The van der Waals surface area contributed by atoms with Crippen LogP contribution in [0.2, 0.25) is 0 Å². The molecule has 0 fully saturated rings. The molecule has 7 heteroatoms. The quantitative estimate of drug-likeness (QED) is 0.155. The fourth-order valence-corrected chi connectivity index (χ4v) is 7.41. The van der Waals surface area contributed by atoms with Crippen LogP contribution >= 0.6 is 14.3 Å². The van der Waals surface area contributed by atoms with Gasteiger partial charge in [0.1, 0.15) is 24.7 Å². The Hall–Kier alpha value is -1.54. The lowest BCUT2D eigenvalue weighted by atomic mass is 10.1. The van der Waals surface area contributed by atoms with Gasteiger partial charge in [0.05, 0.1) is 27.5 Å². The molecule has 0 unspecified atom stereocenters. The summed E-state index contributed by atoms with van der Waals surface area (Å²) < 4.78 is 43.1. The highest BCUT2D eigenvalue weighted by Gasteiger charge is 2.18. The Morgan fingerprint density at radius 2 is 0.943 bits per heavy atom. The van der Waals surface area contributed by atoms with Crippen LogP contribution in [0.25, 0.3) is 0 Å². The van der Waals surface area contributed by atoms with Crippen LogP contribution in [0.5, 0.6) is 11.5 Å². The standard InChI is InChI=1S/C28H44O5P2/c1-5-34(29,6-2)23-17-25-13-9-11-15-27(25)32-21-19-31-20-22-33-28-16-12-10-14-26(28)18-24-35(30,7-3)8-4/h9-16H,5-8,17-24H2,1-4H3. The summed E-state index contributed by atoms with van der Waals surface area (Å²) in [5, 5.41) is 0. The van der Waals surface area contributed by atoms with Gasteiger partial charge < -0.3 is 23.3 Å². The molecule has 2 rings (SSSR count). The Balaban J connectivity index is 1.73. The first-order valence-corrected chi connectivity index (χ1v) is 17.5. The van der Waals surface area contributed by atoms with Gasteiger partial charge in [0.15, 0.2) is 0 Å². The zero-order valence-corrected chi connectivity index (χ0v) is 23.8. The van der Waals surface area contributed by atoms with Crippen LogP contribution < -0.4 is 9.47 Å². The highest BCUT2D eigenvalue weighted by Crippen LogP contribution is 2.46. The fraction of sp³-hybridized carbons (Fsp3) is 0.571. The Kier molecular flexibility index (Phi) is 13.2. The number of benzene rings is 2. The summed E-state index contributed by atoms with van der Waals surface area (Å²) in [7, 11) is -4.13. The molecule has 0 aliphatic rings. The van der Waals surface area contributed by atoms with Gasteiger partial charge >= 0.3 is 0 Å². The van der Waals surface area contributed by atoms with Crippen molar-refractivity contribution in [2.45, 2.75) is 40.5 Å². The summed E-state index contributed by atoms with van der Waals surface area (Å²) in [6.45, 7) is 9.92. The van der Waals surface area contributed by atoms with Crippen LogP contribution in [0.4, 0.5) is 0 Å². The average molecular weight is 523 g/mol. The van der Waals surface area contributed by atoms with E-state index in [0.29, 0.717) is 26.4 Å². The van der Waals surface area contributed by atoms with Gasteiger partial charge in [-0.2, -0.15) is 0 Å². The van der Waals surface area contributed by atoms with E-state index in [9.17, 15) is 9.13 Å². The average Bonchev–Trinajstić information content (AvgIpc) is 2.90. The van der Waals surface area contributed by atoms with Gasteiger partial charge in [0.2, 0.25) is 0 Å². The molecule has 5 nitrogen and oxygen atoms in total. The normalized spacial score (nSPS) is 12.0. The largest absolute Gasteiger partial charge is 0.491 e. The van der Waals surface area contributed by atoms with Crippen LogP contribution in [0.15, 0.2) is 48.5 Å². The molecule has 0 atom stereocenters. The molecule has 0 aliphatic carbocycles. The molecule has 2 aromatic rings. The molecule has 0 aromatic heterocycles. The van der Waals surface area contributed by atoms with Crippen molar-refractivity contribution in [3.63, 3.8) is 0 Å². The second-order valence-electron chi connectivity index (χ2n) is 8.85. The van der Waals surface area contributed by atoms with Crippen molar-refractivity contribution in [3.8, 4) is 11.5 Å². The van der Waals surface area contributed by atoms with Crippen molar-refractivity contribution < 1.29 is 23.3 Å². The molecule has 0 amide bonds. The Morgan fingerprint density at radius 3 is 1.31 bits per heavy atom. The fourth-order valence-electron chi connectivity index (χ4n) is 3.95. The number of hydrogen-bond donors (Lipinski definition) is 0. The summed E-state index contributed by atoms with van der Waals surface area (Å²) in [5.74, 6) is 1.69. The van der Waals surface area contributed by atoms with Crippen LogP contribution in [0.1, 0.15) is 38.8 Å². The summed E-state index contributed by atoms with van der Waals surface area (Å²) in [4.78, 5) is 0. The van der Waals surface area contributed by atoms with Crippen molar-refractivity contribution in [1.82, 2.24) is 0 Å². The van der Waals surface area contributed by atoms with Gasteiger partial charge in [0.25, 0.3) is 0 Å². The maximum atomic E-state index is 12.7. The van der Waals surface area contributed by atoms with E-state index in [1.54, 1.807) is 0 Å². The smallest absolute Gasteiger partial charge is 0.122 e. The minimum Gasteiger partial charge on any atom is -0.491 e. The maximum absolute atomic E-state index is 12.7. The summed E-state index contributed by atoms with van der Waals surface area (Å²) in [6, 6.07) is 16.0. The van der Waals surface area contributed by atoms with Crippen LogP contribution in [-0.4, -0.2) is 63.4 Å².